The summed E-state index contributed by atoms with van der Waals surface area (Å²) in [7, 11) is 0. The Balaban J connectivity index is 1.41. The van der Waals surface area contributed by atoms with Gasteiger partial charge in [0.05, 0.1) is 10.8 Å². The lowest BCUT2D eigenvalue weighted by molar-refractivity contribution is -0.118. The van der Waals surface area contributed by atoms with E-state index in [9.17, 15) is 4.79 Å². The number of nitrogens with one attached hydrogen (secondary N) is 1. The fourth-order valence-corrected chi connectivity index (χ4v) is 4.42. The van der Waals surface area contributed by atoms with Gasteiger partial charge < -0.3 is 5.32 Å². The molecular weight excluding hydrogens is 402 g/mol. The Kier molecular flexibility index (Phi) is 7.83. The van der Waals surface area contributed by atoms with Gasteiger partial charge in [0.15, 0.2) is 5.16 Å². The Hall–Kier alpha value is -2.19. The molecule has 3 rings (SSSR count). The second-order valence-corrected chi connectivity index (χ2v) is 9.09. The Labute approximate surface area is 180 Å². The van der Waals surface area contributed by atoms with Crippen molar-refractivity contribution in [3.05, 3.63) is 52.2 Å². The van der Waals surface area contributed by atoms with Gasteiger partial charge in [0.1, 0.15) is 6.33 Å². The van der Waals surface area contributed by atoms with Crippen LogP contribution in [0.3, 0.4) is 0 Å². The summed E-state index contributed by atoms with van der Waals surface area (Å²) in [4.78, 5) is 16.6. The van der Waals surface area contributed by atoms with Crippen LogP contribution in [0.25, 0.3) is 5.69 Å². The standard InChI is InChI=1S/C21H27N5OS2/c1-15(2)17-7-9-18(10-8-17)26-14-23-25-21(26)29-13-19(27)22-11-5-4-6-20-24-16(3)12-28-20/h7-10,12,14-15H,4-6,11,13H2,1-3H3,(H,22,27). The van der Waals surface area contributed by atoms with Gasteiger partial charge in [-0.2, -0.15) is 0 Å². The predicted octanol–water partition coefficient (Wildman–Crippen LogP) is 4.39. The third kappa shape index (κ3) is 6.40. The summed E-state index contributed by atoms with van der Waals surface area (Å²) < 4.78 is 1.91. The second kappa shape index (κ2) is 10.5. The molecule has 0 saturated carbocycles. The number of carbonyl (C=O) groups is 1. The molecular formula is C21H27N5OS2. The fraction of sp³-hybridized carbons (Fsp3) is 0.429. The number of carbonyl (C=O) groups excluding carboxylic acids is 1. The van der Waals surface area contributed by atoms with Crippen LogP contribution in [0.4, 0.5) is 0 Å². The van der Waals surface area contributed by atoms with E-state index >= 15 is 0 Å². The van der Waals surface area contributed by atoms with E-state index in [0.29, 0.717) is 18.2 Å². The van der Waals surface area contributed by atoms with E-state index in [1.165, 1.54) is 22.3 Å². The van der Waals surface area contributed by atoms with E-state index in [2.05, 4.69) is 64.0 Å². The van der Waals surface area contributed by atoms with Crippen molar-refractivity contribution in [1.82, 2.24) is 25.1 Å². The molecule has 0 unspecified atom stereocenters. The van der Waals surface area contributed by atoms with Crippen molar-refractivity contribution in [2.45, 2.75) is 51.1 Å². The van der Waals surface area contributed by atoms with Crippen LogP contribution < -0.4 is 5.32 Å². The number of thioether (sulfide) groups is 1. The number of unbranched alkanes of at least 4 members (excludes halogenated alkanes) is 1. The molecule has 0 bridgehead atoms. The van der Waals surface area contributed by atoms with Crippen LogP contribution in [0.5, 0.6) is 0 Å². The first-order valence-corrected chi connectivity index (χ1v) is 11.7. The molecule has 29 heavy (non-hydrogen) atoms. The average molecular weight is 430 g/mol. The summed E-state index contributed by atoms with van der Waals surface area (Å²) in [6, 6.07) is 8.36. The molecule has 0 aliphatic heterocycles. The number of aryl methyl sites for hydroxylation is 2. The number of amides is 1. The van der Waals surface area contributed by atoms with Crippen LogP contribution in [-0.4, -0.2) is 38.0 Å². The lowest BCUT2D eigenvalue weighted by Gasteiger charge is -2.09. The molecule has 2 heterocycles. The maximum atomic E-state index is 12.1. The van der Waals surface area contributed by atoms with Crippen LogP contribution in [0.1, 0.15) is 48.9 Å². The van der Waals surface area contributed by atoms with Crippen molar-refractivity contribution in [2.75, 3.05) is 12.3 Å². The molecule has 0 saturated heterocycles. The number of hydrogen-bond donors (Lipinski definition) is 1. The Bertz CT molecular complexity index is 917. The van der Waals surface area contributed by atoms with E-state index in [0.717, 1.165) is 35.8 Å². The molecule has 6 nitrogen and oxygen atoms in total. The smallest absolute Gasteiger partial charge is 0.230 e. The number of thiazole rings is 1. The van der Waals surface area contributed by atoms with Crippen LogP contribution in [0.15, 0.2) is 41.1 Å². The Morgan fingerprint density at radius 3 is 2.72 bits per heavy atom. The van der Waals surface area contributed by atoms with E-state index in [-0.39, 0.29) is 5.91 Å². The van der Waals surface area contributed by atoms with E-state index < -0.39 is 0 Å². The largest absolute Gasteiger partial charge is 0.355 e. The molecule has 0 aliphatic rings. The summed E-state index contributed by atoms with van der Waals surface area (Å²) in [6.45, 7) is 7.05. The maximum Gasteiger partial charge on any atom is 0.230 e. The highest BCUT2D eigenvalue weighted by Crippen LogP contribution is 2.21. The monoisotopic (exact) mass is 429 g/mol. The first-order valence-electron chi connectivity index (χ1n) is 9.84. The first-order chi connectivity index (χ1) is 14.0. The van der Waals surface area contributed by atoms with E-state index in [4.69, 9.17) is 0 Å². The number of nitrogens with zero attached hydrogens (tertiary/aromatic N) is 4. The van der Waals surface area contributed by atoms with Crippen LogP contribution in [-0.2, 0) is 11.2 Å². The topological polar surface area (TPSA) is 72.7 Å². The summed E-state index contributed by atoms with van der Waals surface area (Å²) in [5, 5.41) is 15.1. The van der Waals surface area contributed by atoms with Crippen molar-refractivity contribution in [3.8, 4) is 5.69 Å². The third-order valence-electron chi connectivity index (χ3n) is 4.49. The summed E-state index contributed by atoms with van der Waals surface area (Å²) in [6.07, 6.45) is 4.64. The fourth-order valence-electron chi connectivity index (χ4n) is 2.85. The van der Waals surface area contributed by atoms with Gasteiger partial charge in [0, 0.05) is 23.3 Å². The summed E-state index contributed by atoms with van der Waals surface area (Å²) in [5.41, 5.74) is 3.37. The molecule has 2 aromatic heterocycles. The number of rotatable bonds is 10. The molecule has 3 aromatic rings. The summed E-state index contributed by atoms with van der Waals surface area (Å²) in [5.74, 6) is 0.840. The maximum absolute atomic E-state index is 12.1. The highest BCUT2D eigenvalue weighted by molar-refractivity contribution is 7.99. The number of aromatic nitrogens is 4. The van der Waals surface area contributed by atoms with Gasteiger partial charge in [0.25, 0.3) is 0 Å². The van der Waals surface area contributed by atoms with Crippen molar-refractivity contribution >= 4 is 29.0 Å². The van der Waals surface area contributed by atoms with Gasteiger partial charge >= 0.3 is 0 Å². The lowest BCUT2D eigenvalue weighted by atomic mass is 10.0. The van der Waals surface area contributed by atoms with Gasteiger partial charge in [-0.05, 0) is 49.8 Å². The molecule has 0 aliphatic carbocycles. The molecule has 1 aromatic carbocycles. The number of benzene rings is 1. The van der Waals surface area contributed by atoms with Gasteiger partial charge in [0.2, 0.25) is 5.91 Å². The minimum absolute atomic E-state index is 0.0183. The normalized spacial score (nSPS) is 11.2. The Morgan fingerprint density at radius 1 is 1.24 bits per heavy atom. The van der Waals surface area contributed by atoms with Crippen LogP contribution in [0, 0.1) is 6.92 Å². The summed E-state index contributed by atoms with van der Waals surface area (Å²) >= 11 is 3.10. The van der Waals surface area contributed by atoms with E-state index in [1.807, 2.05) is 11.5 Å². The lowest BCUT2D eigenvalue weighted by Crippen LogP contribution is -2.26. The zero-order valence-corrected chi connectivity index (χ0v) is 18.7. The van der Waals surface area contributed by atoms with Crippen molar-refractivity contribution in [2.24, 2.45) is 0 Å². The van der Waals surface area contributed by atoms with Gasteiger partial charge in [-0.1, -0.05) is 37.7 Å². The van der Waals surface area contributed by atoms with Gasteiger partial charge in [-0.25, -0.2) is 4.98 Å². The Morgan fingerprint density at radius 2 is 2.03 bits per heavy atom. The quantitative estimate of drug-likeness (QED) is 0.382. The molecule has 0 spiro atoms. The first kappa shape index (κ1) is 21.5. The molecule has 154 valence electrons. The molecule has 0 fully saturated rings. The third-order valence-corrected chi connectivity index (χ3v) is 6.46. The minimum Gasteiger partial charge on any atom is -0.355 e. The van der Waals surface area contributed by atoms with Crippen LogP contribution in [0.2, 0.25) is 0 Å². The predicted molar refractivity (Wildman–Crippen MR) is 119 cm³/mol. The molecule has 1 amide bonds. The van der Waals surface area contributed by atoms with Crippen molar-refractivity contribution in [1.29, 1.82) is 0 Å². The SMILES string of the molecule is Cc1csc(CCCCNC(=O)CSc2nncn2-c2ccc(C(C)C)cc2)n1. The highest BCUT2D eigenvalue weighted by atomic mass is 32.2. The number of hydrogen-bond acceptors (Lipinski definition) is 6. The second-order valence-electron chi connectivity index (χ2n) is 7.21. The average Bonchev–Trinajstić information content (AvgIpc) is 3.35. The van der Waals surface area contributed by atoms with E-state index in [1.54, 1.807) is 17.7 Å². The van der Waals surface area contributed by atoms with Crippen LogP contribution >= 0.6 is 23.1 Å². The highest BCUT2D eigenvalue weighted by Gasteiger charge is 2.10. The van der Waals surface area contributed by atoms with Crippen molar-refractivity contribution < 1.29 is 4.79 Å². The van der Waals surface area contributed by atoms with Gasteiger partial charge in [-0.3, -0.25) is 9.36 Å². The minimum atomic E-state index is 0.0183. The van der Waals surface area contributed by atoms with Crippen molar-refractivity contribution in [3.63, 3.8) is 0 Å². The molecule has 1 N–H and O–H groups in total. The zero-order chi connectivity index (χ0) is 20.6. The molecule has 8 heteroatoms. The zero-order valence-electron chi connectivity index (χ0n) is 17.1. The molecule has 0 radical (unpaired) electrons. The van der Waals surface area contributed by atoms with Gasteiger partial charge in [-0.15, -0.1) is 21.5 Å². The molecule has 0 atom stereocenters.